The quantitative estimate of drug-likeness (QED) is 0.821. The summed E-state index contributed by atoms with van der Waals surface area (Å²) >= 11 is 0. The van der Waals surface area contributed by atoms with Crippen LogP contribution in [0.1, 0.15) is 23.2 Å². The second kappa shape index (κ2) is 6.70. The molecule has 0 aliphatic heterocycles. The minimum Gasteiger partial charge on any atom is -0.322 e. The van der Waals surface area contributed by atoms with E-state index < -0.39 is 0 Å². The van der Waals surface area contributed by atoms with Crippen molar-refractivity contribution in [2.45, 2.75) is 12.1 Å². The van der Waals surface area contributed by atoms with E-state index in [1.165, 1.54) is 0 Å². The van der Waals surface area contributed by atoms with Gasteiger partial charge in [0, 0.05) is 33.1 Å². The Labute approximate surface area is 116 Å². The summed E-state index contributed by atoms with van der Waals surface area (Å²) in [5.74, 6) is 0. The number of hydrogen-bond donors (Lipinski definition) is 2. The summed E-state index contributed by atoms with van der Waals surface area (Å²) in [6.07, 6.45) is 0. The molecule has 0 heterocycles. The standard InChI is InChI=1S/C14H16N2.Pt/c15-13(11-7-3-1-4-8-11)14(16)12-9-5-2-6-10-12;/h1-10,13-14H,15-16H2;. The Morgan fingerprint density at radius 2 is 0.882 bits per heavy atom. The summed E-state index contributed by atoms with van der Waals surface area (Å²) in [5.41, 5.74) is 14.4. The maximum Gasteiger partial charge on any atom is 0.0491 e. The fraction of sp³-hybridized carbons (Fsp3) is 0.143. The van der Waals surface area contributed by atoms with Gasteiger partial charge in [0.05, 0.1) is 0 Å². The van der Waals surface area contributed by atoms with E-state index in [1.54, 1.807) is 0 Å². The molecule has 0 aliphatic carbocycles. The normalized spacial score (nSPS) is 13.5. The van der Waals surface area contributed by atoms with Gasteiger partial charge in [-0.15, -0.1) is 0 Å². The van der Waals surface area contributed by atoms with E-state index in [-0.39, 0.29) is 33.1 Å². The average molecular weight is 407 g/mol. The van der Waals surface area contributed by atoms with Crippen molar-refractivity contribution in [3.8, 4) is 0 Å². The van der Waals surface area contributed by atoms with Gasteiger partial charge in [-0.25, -0.2) is 0 Å². The second-order valence-corrected chi connectivity index (χ2v) is 3.87. The van der Waals surface area contributed by atoms with Gasteiger partial charge in [-0.05, 0) is 11.1 Å². The van der Waals surface area contributed by atoms with Crippen LogP contribution in [-0.2, 0) is 21.1 Å². The van der Waals surface area contributed by atoms with Gasteiger partial charge in [-0.3, -0.25) is 0 Å². The van der Waals surface area contributed by atoms with Crippen LogP contribution in [0.3, 0.4) is 0 Å². The van der Waals surface area contributed by atoms with Crippen LogP contribution in [0, 0.1) is 0 Å². The van der Waals surface area contributed by atoms with Crippen LogP contribution < -0.4 is 11.5 Å². The molecule has 0 spiro atoms. The first kappa shape index (κ1) is 14.1. The van der Waals surface area contributed by atoms with Crippen molar-refractivity contribution in [1.82, 2.24) is 0 Å². The van der Waals surface area contributed by atoms with Crippen LogP contribution in [0.5, 0.6) is 0 Å². The fourth-order valence-electron chi connectivity index (χ4n) is 1.77. The molecule has 3 heteroatoms. The van der Waals surface area contributed by atoms with Crippen molar-refractivity contribution in [2.75, 3.05) is 0 Å². The third-order valence-corrected chi connectivity index (χ3v) is 2.76. The molecular weight excluding hydrogens is 391 g/mol. The van der Waals surface area contributed by atoms with Crippen LogP contribution >= 0.6 is 0 Å². The molecule has 0 aliphatic rings. The Kier molecular flexibility index (Phi) is 5.56. The third-order valence-electron chi connectivity index (χ3n) is 2.76. The van der Waals surface area contributed by atoms with E-state index in [9.17, 15) is 0 Å². The summed E-state index contributed by atoms with van der Waals surface area (Å²) in [7, 11) is 0. The van der Waals surface area contributed by atoms with Gasteiger partial charge in [0.25, 0.3) is 0 Å². The summed E-state index contributed by atoms with van der Waals surface area (Å²) < 4.78 is 0. The molecule has 2 atom stereocenters. The Bertz CT molecular complexity index is 387. The van der Waals surface area contributed by atoms with Gasteiger partial charge in [-0.1, -0.05) is 60.7 Å². The van der Waals surface area contributed by atoms with Crippen LogP contribution in [0.25, 0.3) is 0 Å². The molecule has 0 saturated carbocycles. The van der Waals surface area contributed by atoms with E-state index in [1.807, 2.05) is 60.7 Å². The number of hydrogen-bond acceptors (Lipinski definition) is 2. The maximum atomic E-state index is 6.15. The summed E-state index contributed by atoms with van der Waals surface area (Å²) in [6, 6.07) is 19.6. The van der Waals surface area contributed by atoms with Gasteiger partial charge in [0.2, 0.25) is 0 Å². The van der Waals surface area contributed by atoms with E-state index in [0.717, 1.165) is 11.1 Å². The van der Waals surface area contributed by atoms with Gasteiger partial charge < -0.3 is 11.5 Å². The minimum atomic E-state index is -0.163. The van der Waals surface area contributed by atoms with Crippen LogP contribution in [-0.4, -0.2) is 0 Å². The maximum absolute atomic E-state index is 6.15. The van der Waals surface area contributed by atoms with E-state index in [2.05, 4.69) is 0 Å². The first-order chi connectivity index (χ1) is 7.79. The fourth-order valence-corrected chi connectivity index (χ4v) is 1.77. The smallest absolute Gasteiger partial charge is 0.0491 e. The van der Waals surface area contributed by atoms with Gasteiger partial charge in [0.1, 0.15) is 0 Å². The van der Waals surface area contributed by atoms with Crippen molar-refractivity contribution < 1.29 is 21.1 Å². The van der Waals surface area contributed by atoms with Crippen LogP contribution in [0.2, 0.25) is 0 Å². The largest absolute Gasteiger partial charge is 0.322 e. The van der Waals surface area contributed by atoms with Crippen molar-refractivity contribution in [3.63, 3.8) is 0 Å². The first-order valence-corrected chi connectivity index (χ1v) is 5.40. The van der Waals surface area contributed by atoms with Gasteiger partial charge in [-0.2, -0.15) is 0 Å². The number of benzene rings is 2. The van der Waals surface area contributed by atoms with E-state index >= 15 is 0 Å². The van der Waals surface area contributed by atoms with Crippen molar-refractivity contribution in [3.05, 3.63) is 71.8 Å². The molecule has 2 nitrogen and oxygen atoms in total. The molecule has 92 valence electrons. The molecule has 2 aromatic rings. The van der Waals surface area contributed by atoms with E-state index in [4.69, 9.17) is 11.5 Å². The third kappa shape index (κ3) is 3.50. The number of rotatable bonds is 3. The summed E-state index contributed by atoms with van der Waals surface area (Å²) in [6.45, 7) is 0. The minimum absolute atomic E-state index is 0. The molecule has 0 radical (unpaired) electrons. The molecule has 0 fully saturated rings. The molecule has 17 heavy (non-hydrogen) atoms. The van der Waals surface area contributed by atoms with Crippen LogP contribution in [0.4, 0.5) is 0 Å². The topological polar surface area (TPSA) is 52.0 Å². The second-order valence-electron chi connectivity index (χ2n) is 3.87. The van der Waals surface area contributed by atoms with Crippen molar-refractivity contribution >= 4 is 0 Å². The van der Waals surface area contributed by atoms with Crippen LogP contribution in [0.15, 0.2) is 60.7 Å². The van der Waals surface area contributed by atoms with Crippen molar-refractivity contribution in [1.29, 1.82) is 0 Å². The molecule has 0 saturated heterocycles. The molecule has 4 N–H and O–H groups in total. The summed E-state index contributed by atoms with van der Waals surface area (Å²) in [4.78, 5) is 0. The molecule has 0 aromatic heterocycles. The van der Waals surface area contributed by atoms with Gasteiger partial charge in [0.15, 0.2) is 0 Å². The molecule has 2 unspecified atom stereocenters. The average Bonchev–Trinajstić information content (AvgIpc) is 2.39. The predicted molar refractivity (Wildman–Crippen MR) is 66.7 cm³/mol. The predicted octanol–water partition coefficient (Wildman–Crippen LogP) is 2.38. The van der Waals surface area contributed by atoms with Gasteiger partial charge >= 0.3 is 0 Å². The SMILES string of the molecule is NC(c1ccccc1)C(N)c1ccccc1.[Pt]. The Balaban J connectivity index is 0.00000144. The van der Waals surface area contributed by atoms with E-state index in [0.29, 0.717) is 0 Å². The Hall–Kier alpha value is -0.952. The Morgan fingerprint density at radius 1 is 0.588 bits per heavy atom. The zero-order chi connectivity index (χ0) is 11.4. The zero-order valence-corrected chi connectivity index (χ0v) is 11.7. The zero-order valence-electron chi connectivity index (χ0n) is 9.40. The molecule has 0 bridgehead atoms. The monoisotopic (exact) mass is 407 g/mol. The first-order valence-electron chi connectivity index (χ1n) is 5.40. The Morgan fingerprint density at radius 3 is 1.18 bits per heavy atom. The molecular formula is C14H16N2Pt. The molecule has 2 rings (SSSR count). The molecule has 2 aromatic carbocycles. The summed E-state index contributed by atoms with van der Waals surface area (Å²) in [5, 5.41) is 0. The molecule has 0 amide bonds. The van der Waals surface area contributed by atoms with Crippen molar-refractivity contribution in [2.24, 2.45) is 11.5 Å². The number of nitrogens with two attached hydrogens (primary N) is 2.